The van der Waals surface area contributed by atoms with Gasteiger partial charge in [0.05, 0.1) is 23.3 Å². The molecule has 41 heavy (non-hydrogen) atoms. The van der Waals surface area contributed by atoms with Crippen LogP contribution in [-0.2, 0) is 25.6 Å². The summed E-state index contributed by atoms with van der Waals surface area (Å²) in [6, 6.07) is -0.784. The molecule has 1 aromatic rings. The van der Waals surface area contributed by atoms with Crippen molar-refractivity contribution in [2.45, 2.75) is 49.8 Å². The summed E-state index contributed by atoms with van der Waals surface area (Å²) < 4.78 is 15.5. The number of carbonyl (C=O) groups excluding carboxylic acids is 4. The highest BCUT2D eigenvalue weighted by Gasteiger charge is 2.64. The van der Waals surface area contributed by atoms with Gasteiger partial charge in [-0.25, -0.2) is 4.39 Å². The summed E-state index contributed by atoms with van der Waals surface area (Å²) in [7, 11) is 4.77. The molecular formula is C28H33FN4O8. The number of ketones is 2. The van der Waals surface area contributed by atoms with Crippen LogP contribution in [0.4, 0.5) is 10.1 Å². The third-order valence-corrected chi connectivity index (χ3v) is 9.00. The summed E-state index contributed by atoms with van der Waals surface area (Å²) in [4.78, 5) is 55.3. The van der Waals surface area contributed by atoms with Crippen LogP contribution in [0.25, 0.3) is 5.76 Å². The van der Waals surface area contributed by atoms with Gasteiger partial charge in [-0.05, 0) is 59.3 Å². The van der Waals surface area contributed by atoms with Crippen LogP contribution in [0.1, 0.15) is 36.8 Å². The van der Waals surface area contributed by atoms with Gasteiger partial charge < -0.3 is 31.5 Å². The van der Waals surface area contributed by atoms with E-state index in [1.807, 2.05) is 4.90 Å². The highest BCUT2D eigenvalue weighted by Crippen LogP contribution is 2.53. The first-order valence-electron chi connectivity index (χ1n) is 13.4. The minimum atomic E-state index is -2.80. The van der Waals surface area contributed by atoms with Crippen molar-refractivity contribution in [2.75, 3.05) is 33.0 Å². The van der Waals surface area contributed by atoms with E-state index in [0.29, 0.717) is 13.0 Å². The second kappa shape index (κ2) is 9.93. The quantitative estimate of drug-likeness (QED) is 0.219. The molecule has 2 amide bonds. The van der Waals surface area contributed by atoms with E-state index in [9.17, 15) is 39.6 Å². The van der Waals surface area contributed by atoms with Crippen molar-refractivity contribution >= 4 is 34.8 Å². The van der Waals surface area contributed by atoms with Crippen molar-refractivity contribution in [3.05, 3.63) is 39.9 Å². The summed E-state index contributed by atoms with van der Waals surface area (Å²) in [5.41, 5.74) is 0.374. The van der Waals surface area contributed by atoms with Crippen LogP contribution in [0.2, 0.25) is 0 Å². The number of aliphatic hydroxyl groups excluding tert-OH is 2. The topological polar surface area (TPSA) is 194 Å². The average molecular weight is 573 g/mol. The van der Waals surface area contributed by atoms with Crippen molar-refractivity contribution < 1.29 is 44.0 Å². The Morgan fingerprint density at radius 3 is 2.49 bits per heavy atom. The predicted octanol–water partition coefficient (Wildman–Crippen LogP) is 0.526. The SMILES string of the molecule is CN(C)[C@@H]1C(=O)C(C(N)=O)=C(O)[C@@]2(O)C(=O)C3=C(O)c4c(O)c(NC(=O)[C@@H]5CCCCN5C)cc(F)c4CC3C[C@@H]12. The molecule has 1 unspecified atom stereocenters. The number of benzene rings is 1. The standard InChI is InChI=1S/C28H33FN4O8/c1-32(2)20-13-9-11-8-12-14(29)10-15(31-27(40)16-6-4-5-7-33(16)3)21(34)18(12)22(35)17(11)24(37)28(13,41)25(38)19(23(20)36)26(30)39/h10-11,13,16,20,34-35,38,41H,4-9H2,1-3H3,(H2,30,39)(H,31,40)/t11?,13-,16-,20-,28-/m0/s1. The van der Waals surface area contributed by atoms with Gasteiger partial charge in [0.1, 0.15) is 22.9 Å². The van der Waals surface area contributed by atoms with E-state index in [-0.39, 0.29) is 24.1 Å². The molecule has 3 aliphatic carbocycles. The molecule has 1 aromatic carbocycles. The lowest BCUT2D eigenvalue weighted by atomic mass is 9.57. The predicted molar refractivity (Wildman–Crippen MR) is 143 cm³/mol. The van der Waals surface area contributed by atoms with Crippen molar-refractivity contribution in [3.8, 4) is 5.75 Å². The molecule has 2 fully saturated rings. The lowest BCUT2D eigenvalue weighted by molar-refractivity contribution is -0.153. The number of phenols is 1. The van der Waals surface area contributed by atoms with E-state index in [2.05, 4.69) is 5.32 Å². The van der Waals surface area contributed by atoms with Crippen LogP contribution >= 0.6 is 0 Å². The number of nitrogens with zero attached hydrogens (tertiary/aromatic N) is 2. The molecule has 1 saturated carbocycles. The fourth-order valence-electron chi connectivity index (χ4n) is 6.98. The average Bonchev–Trinajstić information content (AvgIpc) is 2.89. The van der Waals surface area contributed by atoms with Gasteiger partial charge >= 0.3 is 0 Å². The van der Waals surface area contributed by atoms with Gasteiger partial charge in [-0.2, -0.15) is 0 Å². The Morgan fingerprint density at radius 2 is 1.88 bits per heavy atom. The fraction of sp³-hybridized carbons (Fsp3) is 0.500. The van der Waals surface area contributed by atoms with E-state index in [0.717, 1.165) is 18.9 Å². The molecule has 13 heteroatoms. The number of hydrogen-bond acceptors (Lipinski definition) is 10. The van der Waals surface area contributed by atoms with E-state index >= 15 is 4.39 Å². The first-order chi connectivity index (χ1) is 19.2. The van der Waals surface area contributed by atoms with Gasteiger partial charge in [0.2, 0.25) is 11.7 Å². The van der Waals surface area contributed by atoms with Crippen molar-refractivity contribution in [2.24, 2.45) is 17.6 Å². The normalized spacial score (nSPS) is 30.2. The second-order valence-electron chi connectivity index (χ2n) is 11.6. The number of primary amides is 1. The first kappa shape index (κ1) is 28.7. The van der Waals surface area contributed by atoms with Crippen molar-refractivity contribution in [3.63, 3.8) is 0 Å². The second-order valence-corrected chi connectivity index (χ2v) is 11.6. The molecule has 0 spiro atoms. The number of piperidine rings is 1. The van der Waals surface area contributed by atoms with Crippen molar-refractivity contribution in [1.82, 2.24) is 9.80 Å². The molecule has 1 aliphatic heterocycles. The third kappa shape index (κ3) is 4.13. The zero-order valence-electron chi connectivity index (χ0n) is 22.9. The Kier molecular flexibility index (Phi) is 6.95. The third-order valence-electron chi connectivity index (χ3n) is 9.00. The minimum Gasteiger partial charge on any atom is -0.508 e. The molecule has 0 bridgehead atoms. The lowest BCUT2D eigenvalue weighted by Gasteiger charge is -2.50. The Labute approximate surface area is 234 Å². The number of aliphatic hydroxyl groups is 3. The summed E-state index contributed by atoms with van der Waals surface area (Å²) in [6.07, 6.45) is 1.98. The van der Waals surface area contributed by atoms with Crippen LogP contribution < -0.4 is 11.1 Å². The largest absolute Gasteiger partial charge is 0.508 e. The smallest absolute Gasteiger partial charge is 0.255 e. The van der Waals surface area contributed by atoms with Crippen LogP contribution in [0.3, 0.4) is 0 Å². The number of hydrogen-bond donors (Lipinski definition) is 6. The molecule has 5 rings (SSSR count). The lowest BCUT2D eigenvalue weighted by Crippen LogP contribution is -2.65. The number of fused-ring (bicyclic) bond motifs is 3. The maximum atomic E-state index is 15.5. The number of likely N-dealkylation sites (tertiary alicyclic amines) is 1. The van der Waals surface area contributed by atoms with Gasteiger partial charge in [0, 0.05) is 23.1 Å². The van der Waals surface area contributed by atoms with Gasteiger partial charge in [-0.15, -0.1) is 0 Å². The van der Waals surface area contributed by atoms with Crippen LogP contribution in [-0.4, -0.2) is 99.0 Å². The highest BCUT2D eigenvalue weighted by molar-refractivity contribution is 6.24. The number of halogens is 1. The monoisotopic (exact) mass is 572 g/mol. The highest BCUT2D eigenvalue weighted by atomic mass is 19.1. The zero-order chi connectivity index (χ0) is 30.1. The van der Waals surface area contributed by atoms with Crippen LogP contribution in [0.5, 0.6) is 5.75 Å². The van der Waals surface area contributed by atoms with Gasteiger partial charge in [-0.1, -0.05) is 6.42 Å². The number of aromatic hydroxyl groups is 1. The number of Topliss-reactive ketones (excluding diaryl/α,β-unsaturated/α-hetero) is 2. The molecular weight excluding hydrogens is 539 g/mol. The number of likely N-dealkylation sites (N-methyl/N-ethyl adjacent to an activating group) is 2. The van der Waals surface area contributed by atoms with E-state index in [1.165, 1.54) is 19.0 Å². The Balaban J connectivity index is 1.61. The summed E-state index contributed by atoms with van der Waals surface area (Å²) in [5.74, 6) is -9.58. The van der Waals surface area contributed by atoms with Gasteiger partial charge in [0.25, 0.3) is 5.91 Å². The Hall–Kier alpha value is -3.81. The Morgan fingerprint density at radius 1 is 1.20 bits per heavy atom. The number of anilines is 1. The number of nitrogens with two attached hydrogens (primary N) is 1. The van der Waals surface area contributed by atoms with Gasteiger partial charge in [0.15, 0.2) is 17.1 Å². The maximum absolute atomic E-state index is 15.5. The molecule has 0 radical (unpaired) electrons. The molecule has 0 aromatic heterocycles. The van der Waals surface area contributed by atoms with E-state index in [4.69, 9.17) is 5.73 Å². The maximum Gasteiger partial charge on any atom is 0.255 e. The van der Waals surface area contributed by atoms with E-state index in [1.54, 1.807) is 7.05 Å². The molecule has 1 heterocycles. The molecule has 7 N–H and O–H groups in total. The molecule has 12 nitrogen and oxygen atoms in total. The van der Waals surface area contributed by atoms with Gasteiger partial charge in [-0.3, -0.25) is 29.0 Å². The van der Waals surface area contributed by atoms with Crippen LogP contribution in [0, 0.1) is 17.7 Å². The molecule has 5 atom stereocenters. The Bertz CT molecular complexity index is 1450. The first-order valence-corrected chi connectivity index (χ1v) is 13.4. The van der Waals surface area contributed by atoms with Crippen LogP contribution in [0.15, 0.2) is 23.0 Å². The molecule has 1 saturated heterocycles. The number of amides is 2. The zero-order valence-corrected chi connectivity index (χ0v) is 22.9. The number of rotatable bonds is 4. The molecule has 4 aliphatic rings. The molecule has 220 valence electrons. The number of carbonyl (C=O) groups is 4. The minimum absolute atomic E-state index is 0.110. The van der Waals surface area contributed by atoms with E-state index < -0.39 is 92.7 Å². The summed E-state index contributed by atoms with van der Waals surface area (Å²) >= 11 is 0. The number of phenolic OH excluding ortho intramolecular Hbond substituents is 1. The summed E-state index contributed by atoms with van der Waals surface area (Å²) in [5, 5.41) is 47.5. The number of nitrogens with one attached hydrogen (secondary N) is 1. The fourth-order valence-corrected chi connectivity index (χ4v) is 6.98. The van der Waals surface area contributed by atoms with Crippen molar-refractivity contribution in [1.29, 1.82) is 0 Å². The summed E-state index contributed by atoms with van der Waals surface area (Å²) in [6.45, 7) is 0.696.